The molecule has 9 heteroatoms. The summed E-state index contributed by atoms with van der Waals surface area (Å²) in [5.74, 6) is 0.0882. The lowest BCUT2D eigenvalue weighted by molar-refractivity contribution is -0.132. The predicted octanol–water partition coefficient (Wildman–Crippen LogP) is 3.64. The van der Waals surface area contributed by atoms with Crippen LogP contribution in [-0.2, 0) is 9.59 Å². The van der Waals surface area contributed by atoms with Gasteiger partial charge in [0, 0.05) is 11.6 Å². The van der Waals surface area contributed by atoms with Crippen LogP contribution in [0.4, 0.5) is 5.82 Å². The van der Waals surface area contributed by atoms with Crippen molar-refractivity contribution in [1.82, 2.24) is 5.16 Å². The third-order valence-electron chi connectivity index (χ3n) is 5.39. The molecule has 1 saturated heterocycles. The summed E-state index contributed by atoms with van der Waals surface area (Å²) in [4.78, 5) is 27.4. The summed E-state index contributed by atoms with van der Waals surface area (Å²) in [5, 5.41) is 15.1. The molecule has 1 unspecified atom stereocenters. The maximum atomic E-state index is 13.1. The molecule has 1 fully saturated rings. The molecule has 2 heterocycles. The predicted molar refractivity (Wildman–Crippen MR) is 119 cm³/mol. The van der Waals surface area contributed by atoms with E-state index in [2.05, 4.69) is 5.16 Å². The molecule has 1 amide bonds. The number of nitrogens with zero attached hydrogens (tertiary/aromatic N) is 2. The molecule has 1 aliphatic rings. The molecule has 9 nitrogen and oxygen atoms in total. The number of benzene rings is 2. The summed E-state index contributed by atoms with van der Waals surface area (Å²) in [5.41, 5.74) is 0.788. The fraction of sp³-hybridized carbons (Fsp3) is 0.208. The summed E-state index contributed by atoms with van der Waals surface area (Å²) >= 11 is 0. The van der Waals surface area contributed by atoms with Gasteiger partial charge in [0.25, 0.3) is 5.78 Å². The number of carbonyl (C=O) groups excluding carboxylic acids is 2. The van der Waals surface area contributed by atoms with Gasteiger partial charge in [0.1, 0.15) is 17.3 Å². The Morgan fingerprint density at radius 2 is 1.67 bits per heavy atom. The minimum absolute atomic E-state index is 0.0851. The Labute approximate surface area is 189 Å². The van der Waals surface area contributed by atoms with Crippen LogP contribution in [0.3, 0.4) is 0 Å². The zero-order chi connectivity index (χ0) is 23.7. The van der Waals surface area contributed by atoms with Crippen LogP contribution in [0.15, 0.2) is 58.6 Å². The summed E-state index contributed by atoms with van der Waals surface area (Å²) in [6.07, 6.45) is 0. The Kier molecular flexibility index (Phi) is 5.78. The van der Waals surface area contributed by atoms with E-state index in [1.807, 2.05) is 0 Å². The van der Waals surface area contributed by atoms with E-state index in [-0.39, 0.29) is 17.2 Å². The number of rotatable bonds is 6. The number of amides is 1. The zero-order valence-corrected chi connectivity index (χ0v) is 18.5. The minimum atomic E-state index is -0.976. The highest BCUT2D eigenvalue weighted by molar-refractivity contribution is 6.51. The number of hydrogen-bond donors (Lipinski definition) is 1. The van der Waals surface area contributed by atoms with Crippen molar-refractivity contribution < 1.29 is 33.4 Å². The fourth-order valence-corrected chi connectivity index (χ4v) is 3.78. The van der Waals surface area contributed by atoms with Crippen molar-refractivity contribution in [3.63, 3.8) is 0 Å². The first kappa shape index (κ1) is 21.9. The number of carbonyl (C=O) groups is 2. The minimum Gasteiger partial charge on any atom is -0.507 e. The highest BCUT2D eigenvalue weighted by atomic mass is 16.5. The first-order valence-corrected chi connectivity index (χ1v) is 10.00. The topological polar surface area (TPSA) is 111 Å². The van der Waals surface area contributed by atoms with E-state index in [1.165, 1.54) is 26.2 Å². The lowest BCUT2D eigenvalue weighted by Gasteiger charge is -2.23. The maximum Gasteiger partial charge on any atom is 0.301 e. The lowest BCUT2D eigenvalue weighted by Crippen LogP contribution is -2.29. The quantitative estimate of drug-likeness (QED) is 0.344. The molecule has 1 N–H and O–H groups in total. The van der Waals surface area contributed by atoms with Crippen LogP contribution in [0.5, 0.6) is 17.2 Å². The molecule has 4 rings (SSSR count). The number of ether oxygens (including phenoxy) is 3. The monoisotopic (exact) mass is 450 g/mol. The zero-order valence-electron chi connectivity index (χ0n) is 18.5. The number of Topliss-reactive ketones (excluding diaryl/α,β-unsaturated/α-hetero) is 1. The highest BCUT2D eigenvalue weighted by Crippen LogP contribution is 2.44. The summed E-state index contributed by atoms with van der Waals surface area (Å²) in [7, 11) is 4.51. The first-order chi connectivity index (χ1) is 15.9. The van der Waals surface area contributed by atoms with Crippen LogP contribution in [0.25, 0.3) is 5.76 Å². The summed E-state index contributed by atoms with van der Waals surface area (Å²) in [6, 6.07) is 12.1. The SMILES string of the molecule is COc1ccc(/C(O)=C2/C(=O)C(=O)N(c3cc(C)on3)C2c2ccc(OC)c(OC)c2)cc1. The molecule has 0 saturated carbocycles. The highest BCUT2D eigenvalue weighted by Gasteiger charge is 2.48. The van der Waals surface area contributed by atoms with Crippen LogP contribution in [0, 0.1) is 6.92 Å². The van der Waals surface area contributed by atoms with Gasteiger partial charge in [0.2, 0.25) is 0 Å². The van der Waals surface area contributed by atoms with Gasteiger partial charge in [0.15, 0.2) is 17.3 Å². The number of hydrogen-bond acceptors (Lipinski definition) is 8. The van der Waals surface area contributed by atoms with Crippen LogP contribution < -0.4 is 19.1 Å². The number of aliphatic hydroxyl groups excluding tert-OH is 1. The van der Waals surface area contributed by atoms with Crippen molar-refractivity contribution in [1.29, 1.82) is 0 Å². The van der Waals surface area contributed by atoms with E-state index >= 15 is 0 Å². The Balaban J connectivity index is 1.93. The van der Waals surface area contributed by atoms with Gasteiger partial charge in [-0.25, -0.2) is 0 Å². The number of anilines is 1. The van der Waals surface area contributed by atoms with E-state index in [4.69, 9.17) is 18.7 Å². The van der Waals surface area contributed by atoms with Gasteiger partial charge < -0.3 is 23.8 Å². The van der Waals surface area contributed by atoms with Crippen molar-refractivity contribution >= 4 is 23.3 Å². The average molecular weight is 450 g/mol. The molecule has 0 radical (unpaired) electrons. The van der Waals surface area contributed by atoms with E-state index in [0.29, 0.717) is 34.1 Å². The van der Waals surface area contributed by atoms with Crippen LogP contribution in [0.1, 0.15) is 22.9 Å². The average Bonchev–Trinajstić information content (AvgIpc) is 3.38. The largest absolute Gasteiger partial charge is 0.507 e. The Morgan fingerprint density at radius 3 is 2.24 bits per heavy atom. The Bertz CT molecular complexity index is 1240. The molecule has 1 aromatic heterocycles. The Morgan fingerprint density at radius 1 is 0.970 bits per heavy atom. The maximum absolute atomic E-state index is 13.1. The van der Waals surface area contributed by atoms with Gasteiger partial charge in [-0.15, -0.1) is 0 Å². The molecule has 170 valence electrons. The van der Waals surface area contributed by atoms with Crippen LogP contribution in [0.2, 0.25) is 0 Å². The van der Waals surface area contributed by atoms with Crippen molar-refractivity contribution in [2.45, 2.75) is 13.0 Å². The van der Waals surface area contributed by atoms with Gasteiger partial charge in [-0.05, 0) is 48.9 Å². The molecular formula is C24H22N2O7. The van der Waals surface area contributed by atoms with Gasteiger partial charge in [-0.1, -0.05) is 11.2 Å². The summed E-state index contributed by atoms with van der Waals surface area (Å²) < 4.78 is 21.0. The molecule has 1 atom stereocenters. The molecular weight excluding hydrogens is 428 g/mol. The lowest BCUT2D eigenvalue weighted by atomic mass is 9.95. The van der Waals surface area contributed by atoms with E-state index in [0.717, 1.165) is 0 Å². The molecule has 0 spiro atoms. The smallest absolute Gasteiger partial charge is 0.301 e. The number of aliphatic hydroxyl groups is 1. The second-order valence-electron chi connectivity index (χ2n) is 7.31. The second kappa shape index (κ2) is 8.70. The molecule has 3 aromatic rings. The summed E-state index contributed by atoms with van der Waals surface area (Å²) in [6.45, 7) is 1.68. The van der Waals surface area contributed by atoms with Crippen molar-refractivity contribution in [3.8, 4) is 17.2 Å². The fourth-order valence-electron chi connectivity index (χ4n) is 3.78. The van der Waals surface area contributed by atoms with Crippen LogP contribution >= 0.6 is 0 Å². The third-order valence-corrected chi connectivity index (χ3v) is 5.39. The molecule has 33 heavy (non-hydrogen) atoms. The van der Waals surface area contributed by atoms with Gasteiger partial charge >= 0.3 is 5.91 Å². The van der Waals surface area contributed by atoms with Gasteiger partial charge in [0.05, 0.1) is 32.9 Å². The van der Waals surface area contributed by atoms with Crippen LogP contribution in [-0.4, -0.2) is 43.3 Å². The number of aryl methyl sites for hydroxylation is 1. The normalized spacial score (nSPS) is 17.3. The van der Waals surface area contributed by atoms with E-state index in [1.54, 1.807) is 55.5 Å². The second-order valence-corrected chi connectivity index (χ2v) is 7.31. The first-order valence-electron chi connectivity index (χ1n) is 10.00. The molecule has 0 bridgehead atoms. The van der Waals surface area contributed by atoms with Crippen molar-refractivity contribution in [3.05, 3.63) is 71.0 Å². The molecule has 0 aliphatic carbocycles. The molecule has 1 aliphatic heterocycles. The van der Waals surface area contributed by atoms with Crippen molar-refractivity contribution in [2.75, 3.05) is 26.2 Å². The molecule has 2 aromatic carbocycles. The number of methoxy groups -OCH3 is 3. The standard InChI is InChI=1S/C24H22N2O7/c1-13-11-19(25-33-13)26-21(15-7-10-17(31-3)18(12-15)32-4)20(23(28)24(26)29)22(27)14-5-8-16(30-2)9-6-14/h5-12,21,27H,1-4H3/b22-20-. The third kappa shape index (κ3) is 3.78. The number of aromatic nitrogens is 1. The van der Waals surface area contributed by atoms with E-state index < -0.39 is 17.7 Å². The van der Waals surface area contributed by atoms with Gasteiger partial charge in [-0.2, -0.15) is 0 Å². The van der Waals surface area contributed by atoms with E-state index in [9.17, 15) is 14.7 Å². The Hall–Kier alpha value is -4.27. The van der Waals surface area contributed by atoms with Gasteiger partial charge in [-0.3, -0.25) is 14.5 Å². The van der Waals surface area contributed by atoms with Crippen molar-refractivity contribution in [2.24, 2.45) is 0 Å². The number of ketones is 1.